The molecule has 4 nitrogen and oxygen atoms in total. The number of hydrogen-bond donors (Lipinski definition) is 3. The van der Waals surface area contributed by atoms with Crippen molar-refractivity contribution in [2.75, 3.05) is 0 Å². The van der Waals surface area contributed by atoms with E-state index >= 15 is 0 Å². The zero-order valence-electron chi connectivity index (χ0n) is 11.2. The van der Waals surface area contributed by atoms with Crippen LogP contribution in [0.3, 0.4) is 0 Å². The van der Waals surface area contributed by atoms with Crippen LogP contribution in [0.2, 0.25) is 0 Å². The van der Waals surface area contributed by atoms with Gasteiger partial charge in [-0.3, -0.25) is 4.79 Å². The molecule has 1 amide bonds. The van der Waals surface area contributed by atoms with Gasteiger partial charge < -0.3 is 15.5 Å². The molecule has 19 heavy (non-hydrogen) atoms. The van der Waals surface area contributed by atoms with Gasteiger partial charge in [-0.1, -0.05) is 48.7 Å². The quantitative estimate of drug-likeness (QED) is 0.678. The average molecular weight is 333 g/mol. The molecule has 0 aromatic heterocycles. The highest BCUT2D eigenvalue weighted by molar-refractivity contribution is 6.76. The SMILES string of the molecule is CC(C)[C@@H]1C[C@@H](O)[C@@](C)(O)[C@H](NC(=O)C(Cl)(Cl)Cl)C1. The van der Waals surface area contributed by atoms with Crippen molar-refractivity contribution in [2.24, 2.45) is 11.8 Å². The van der Waals surface area contributed by atoms with E-state index in [0.29, 0.717) is 18.8 Å². The Labute approximate surface area is 128 Å². The van der Waals surface area contributed by atoms with Crippen LogP contribution in [0, 0.1) is 11.8 Å². The molecule has 0 spiro atoms. The fourth-order valence-corrected chi connectivity index (χ4v) is 2.55. The molecule has 3 N–H and O–H groups in total. The van der Waals surface area contributed by atoms with Crippen molar-refractivity contribution in [3.05, 3.63) is 0 Å². The number of alkyl halides is 3. The van der Waals surface area contributed by atoms with Gasteiger partial charge in [-0.25, -0.2) is 0 Å². The Morgan fingerprint density at radius 2 is 1.89 bits per heavy atom. The van der Waals surface area contributed by atoms with Crippen LogP contribution in [0.1, 0.15) is 33.6 Å². The third-order valence-electron chi connectivity index (χ3n) is 3.95. The Hall–Kier alpha value is 0.260. The molecular formula is C12H20Cl3NO3. The highest BCUT2D eigenvalue weighted by Crippen LogP contribution is 2.37. The fraction of sp³-hybridized carbons (Fsp3) is 0.917. The minimum absolute atomic E-state index is 0.191. The van der Waals surface area contributed by atoms with Crippen LogP contribution in [0.5, 0.6) is 0 Å². The molecule has 0 aliphatic heterocycles. The molecule has 0 radical (unpaired) electrons. The molecule has 0 aromatic rings. The van der Waals surface area contributed by atoms with Gasteiger partial charge in [-0.15, -0.1) is 0 Å². The second-order valence-electron chi connectivity index (χ2n) is 5.74. The maximum Gasteiger partial charge on any atom is 0.272 e. The summed E-state index contributed by atoms with van der Waals surface area (Å²) in [6, 6.07) is -0.647. The van der Waals surface area contributed by atoms with Crippen molar-refractivity contribution in [1.82, 2.24) is 5.32 Å². The molecule has 4 atom stereocenters. The lowest BCUT2D eigenvalue weighted by Crippen LogP contribution is -2.62. The number of rotatable bonds is 2. The first-order chi connectivity index (χ1) is 8.46. The second-order valence-corrected chi connectivity index (χ2v) is 8.02. The molecule has 7 heteroatoms. The first kappa shape index (κ1) is 17.3. The summed E-state index contributed by atoms with van der Waals surface area (Å²) in [5.41, 5.74) is -1.43. The second kappa shape index (κ2) is 5.94. The Balaban J connectivity index is 2.85. The predicted octanol–water partition coefficient (Wildman–Crippen LogP) is 2.02. The van der Waals surface area contributed by atoms with Crippen molar-refractivity contribution in [2.45, 2.75) is 55.2 Å². The number of carbonyl (C=O) groups is 1. The summed E-state index contributed by atoms with van der Waals surface area (Å²) in [5.74, 6) is -0.270. The monoisotopic (exact) mass is 331 g/mol. The first-order valence-electron chi connectivity index (χ1n) is 6.24. The summed E-state index contributed by atoms with van der Waals surface area (Å²) in [6.07, 6.45) is 0.105. The average Bonchev–Trinajstić information content (AvgIpc) is 2.23. The summed E-state index contributed by atoms with van der Waals surface area (Å²) in [5, 5.41) is 22.9. The standard InChI is InChI=1S/C12H20Cl3NO3/c1-6(2)7-4-8(11(3,19)9(17)5-7)16-10(18)12(13,14)15/h6-9,17,19H,4-5H2,1-3H3,(H,16,18)/t7-,8+,9+,11-/m0/s1. The molecular weight excluding hydrogens is 312 g/mol. The van der Waals surface area contributed by atoms with Gasteiger partial charge in [-0.2, -0.15) is 0 Å². The molecule has 1 fully saturated rings. The highest BCUT2D eigenvalue weighted by Gasteiger charge is 2.47. The summed E-state index contributed by atoms with van der Waals surface area (Å²) in [7, 11) is 0. The number of aliphatic hydroxyl groups excluding tert-OH is 1. The molecule has 1 aliphatic rings. The van der Waals surface area contributed by atoms with Crippen molar-refractivity contribution >= 4 is 40.7 Å². The number of halogens is 3. The van der Waals surface area contributed by atoms with E-state index in [0.717, 1.165) is 0 Å². The van der Waals surface area contributed by atoms with Gasteiger partial charge in [0, 0.05) is 0 Å². The van der Waals surface area contributed by atoms with E-state index in [1.54, 1.807) is 0 Å². The normalized spacial score (nSPS) is 36.4. The summed E-state index contributed by atoms with van der Waals surface area (Å²) in [4.78, 5) is 11.7. The molecule has 0 heterocycles. The smallest absolute Gasteiger partial charge is 0.272 e. The van der Waals surface area contributed by atoms with Crippen molar-refractivity contribution in [3.8, 4) is 0 Å². The van der Waals surface area contributed by atoms with E-state index in [-0.39, 0.29) is 5.92 Å². The lowest BCUT2D eigenvalue weighted by molar-refractivity contribution is -0.138. The fourth-order valence-electron chi connectivity index (χ4n) is 2.38. The van der Waals surface area contributed by atoms with E-state index in [9.17, 15) is 15.0 Å². The van der Waals surface area contributed by atoms with Crippen molar-refractivity contribution in [3.63, 3.8) is 0 Å². The highest BCUT2D eigenvalue weighted by atomic mass is 35.6. The van der Waals surface area contributed by atoms with Crippen LogP contribution >= 0.6 is 34.8 Å². The molecule has 112 valence electrons. The largest absolute Gasteiger partial charge is 0.390 e. The van der Waals surface area contributed by atoms with Gasteiger partial charge in [0.05, 0.1) is 12.1 Å². The van der Waals surface area contributed by atoms with Crippen LogP contribution in [0.15, 0.2) is 0 Å². The molecule has 0 aromatic carbocycles. The van der Waals surface area contributed by atoms with Crippen LogP contribution < -0.4 is 5.32 Å². The Kier molecular flexibility index (Phi) is 5.41. The van der Waals surface area contributed by atoms with Gasteiger partial charge in [0.15, 0.2) is 0 Å². The van der Waals surface area contributed by atoms with Crippen LogP contribution in [0.4, 0.5) is 0 Å². The van der Waals surface area contributed by atoms with Crippen LogP contribution in [0.25, 0.3) is 0 Å². The summed E-state index contributed by atoms with van der Waals surface area (Å²) in [6.45, 7) is 5.55. The van der Waals surface area contributed by atoms with E-state index in [1.807, 2.05) is 13.8 Å². The zero-order chi connectivity index (χ0) is 15.0. The molecule has 0 saturated heterocycles. The van der Waals surface area contributed by atoms with Gasteiger partial charge in [0.2, 0.25) is 0 Å². The Morgan fingerprint density at radius 3 is 2.32 bits per heavy atom. The van der Waals surface area contributed by atoms with Crippen LogP contribution in [-0.2, 0) is 4.79 Å². The van der Waals surface area contributed by atoms with Gasteiger partial charge in [0.1, 0.15) is 5.60 Å². The Morgan fingerprint density at radius 1 is 1.37 bits per heavy atom. The first-order valence-corrected chi connectivity index (χ1v) is 7.37. The molecule has 1 rings (SSSR count). The lowest BCUT2D eigenvalue weighted by atomic mass is 9.70. The van der Waals surface area contributed by atoms with Crippen molar-refractivity contribution < 1.29 is 15.0 Å². The van der Waals surface area contributed by atoms with Gasteiger partial charge in [0.25, 0.3) is 9.70 Å². The molecule has 1 saturated carbocycles. The van der Waals surface area contributed by atoms with Gasteiger partial charge in [-0.05, 0) is 31.6 Å². The molecule has 0 unspecified atom stereocenters. The summed E-state index contributed by atoms with van der Waals surface area (Å²) < 4.78 is -2.08. The molecule has 1 aliphatic carbocycles. The topological polar surface area (TPSA) is 69.6 Å². The number of amides is 1. The molecule has 0 bridgehead atoms. The Bertz CT molecular complexity index is 342. The minimum atomic E-state index is -2.08. The van der Waals surface area contributed by atoms with E-state index in [1.165, 1.54) is 6.92 Å². The zero-order valence-corrected chi connectivity index (χ0v) is 13.4. The van der Waals surface area contributed by atoms with E-state index in [2.05, 4.69) is 5.32 Å². The number of hydrogen-bond acceptors (Lipinski definition) is 3. The summed E-state index contributed by atoms with van der Waals surface area (Å²) >= 11 is 16.5. The lowest BCUT2D eigenvalue weighted by Gasteiger charge is -2.45. The minimum Gasteiger partial charge on any atom is -0.390 e. The van der Waals surface area contributed by atoms with E-state index < -0.39 is 27.4 Å². The maximum absolute atomic E-state index is 11.7. The van der Waals surface area contributed by atoms with Crippen LogP contribution in [-0.4, -0.2) is 37.7 Å². The van der Waals surface area contributed by atoms with Gasteiger partial charge >= 0.3 is 0 Å². The van der Waals surface area contributed by atoms with Crippen molar-refractivity contribution in [1.29, 1.82) is 0 Å². The predicted molar refractivity (Wildman–Crippen MR) is 76.4 cm³/mol. The number of carbonyl (C=O) groups excluding carboxylic acids is 1. The third kappa shape index (κ3) is 4.11. The maximum atomic E-state index is 11.7. The van der Waals surface area contributed by atoms with E-state index in [4.69, 9.17) is 34.8 Å². The third-order valence-corrected chi connectivity index (χ3v) is 4.47. The number of nitrogens with one attached hydrogen (secondary N) is 1. The number of aliphatic hydroxyl groups is 2.